The van der Waals surface area contributed by atoms with Gasteiger partial charge in [0, 0.05) is 19.8 Å². The molecule has 1 N–H and O–H groups in total. The summed E-state index contributed by atoms with van der Waals surface area (Å²) >= 11 is 0. The maximum absolute atomic E-state index is 12.0. The van der Waals surface area contributed by atoms with Gasteiger partial charge in [-0.15, -0.1) is 0 Å². The van der Waals surface area contributed by atoms with E-state index in [9.17, 15) is 4.79 Å². The number of aromatic nitrogens is 2. The van der Waals surface area contributed by atoms with Crippen molar-refractivity contribution in [3.8, 4) is 6.07 Å². The largest absolute Gasteiger partial charge is 0.344 e. The van der Waals surface area contributed by atoms with Gasteiger partial charge in [0.05, 0.1) is 25.2 Å². The van der Waals surface area contributed by atoms with Crippen LogP contribution in [0.2, 0.25) is 0 Å². The second kappa shape index (κ2) is 7.06. The second-order valence-electron chi connectivity index (χ2n) is 5.31. The van der Waals surface area contributed by atoms with Gasteiger partial charge in [-0.3, -0.25) is 14.8 Å². The number of piperidine rings is 1. The van der Waals surface area contributed by atoms with Crippen molar-refractivity contribution in [2.24, 2.45) is 0 Å². The van der Waals surface area contributed by atoms with E-state index < -0.39 is 0 Å². The van der Waals surface area contributed by atoms with Crippen LogP contribution in [0.3, 0.4) is 0 Å². The van der Waals surface area contributed by atoms with Crippen LogP contribution in [-0.4, -0.2) is 59.1 Å². The van der Waals surface area contributed by atoms with Crippen LogP contribution in [0.15, 0.2) is 12.4 Å². The molecule has 2 rings (SSSR count). The topological polar surface area (TPSA) is 76.0 Å². The number of hydrogen-bond donors (Lipinski definition) is 1. The Bertz CT molecular complexity index is 456. The quantitative estimate of drug-likeness (QED) is 0.868. The van der Waals surface area contributed by atoms with Crippen molar-refractivity contribution in [2.75, 3.05) is 33.2 Å². The van der Waals surface area contributed by atoms with Crippen molar-refractivity contribution in [1.29, 1.82) is 5.26 Å². The molecule has 1 aromatic heterocycles. The Balaban J connectivity index is 1.74. The van der Waals surface area contributed by atoms with Crippen LogP contribution in [0.5, 0.6) is 0 Å². The molecule has 0 saturated carbocycles. The maximum Gasteiger partial charge on any atom is 0.236 e. The lowest BCUT2D eigenvalue weighted by molar-refractivity contribution is -0.131. The van der Waals surface area contributed by atoms with Gasteiger partial charge in [-0.25, -0.2) is 0 Å². The van der Waals surface area contributed by atoms with Crippen LogP contribution < -0.4 is 0 Å². The zero-order chi connectivity index (χ0) is 14.4. The predicted octanol–water partition coefficient (Wildman–Crippen LogP) is 0.961. The van der Waals surface area contributed by atoms with E-state index in [1.165, 1.54) is 5.56 Å². The summed E-state index contributed by atoms with van der Waals surface area (Å²) in [6.45, 7) is 2.85. The van der Waals surface area contributed by atoms with E-state index in [0.717, 1.165) is 25.9 Å². The van der Waals surface area contributed by atoms with Crippen molar-refractivity contribution >= 4 is 5.91 Å². The third-order valence-corrected chi connectivity index (χ3v) is 3.92. The van der Waals surface area contributed by atoms with E-state index in [1.54, 1.807) is 11.9 Å². The average molecular weight is 275 g/mol. The van der Waals surface area contributed by atoms with E-state index in [-0.39, 0.29) is 5.91 Å². The molecule has 20 heavy (non-hydrogen) atoms. The summed E-state index contributed by atoms with van der Waals surface area (Å²) in [5, 5.41) is 15.4. The van der Waals surface area contributed by atoms with Gasteiger partial charge >= 0.3 is 0 Å². The van der Waals surface area contributed by atoms with Gasteiger partial charge in [0.1, 0.15) is 0 Å². The van der Waals surface area contributed by atoms with Crippen LogP contribution >= 0.6 is 0 Å². The van der Waals surface area contributed by atoms with E-state index in [1.807, 2.05) is 12.4 Å². The Morgan fingerprint density at radius 1 is 1.60 bits per heavy atom. The van der Waals surface area contributed by atoms with Gasteiger partial charge in [0.15, 0.2) is 0 Å². The Morgan fingerprint density at radius 2 is 2.35 bits per heavy atom. The summed E-state index contributed by atoms with van der Waals surface area (Å²) in [6.07, 6.45) is 6.37. The fourth-order valence-corrected chi connectivity index (χ4v) is 2.56. The van der Waals surface area contributed by atoms with Crippen LogP contribution in [0.25, 0.3) is 0 Å². The molecule has 1 aliphatic heterocycles. The Morgan fingerprint density at radius 3 is 2.95 bits per heavy atom. The highest BCUT2D eigenvalue weighted by molar-refractivity contribution is 5.78. The van der Waals surface area contributed by atoms with Gasteiger partial charge in [0.25, 0.3) is 0 Å². The first kappa shape index (κ1) is 14.5. The Hall–Kier alpha value is -1.87. The molecule has 1 aliphatic rings. The summed E-state index contributed by atoms with van der Waals surface area (Å²) in [7, 11) is 1.76. The maximum atomic E-state index is 12.0. The molecule has 108 valence electrons. The molecule has 0 unspecified atom stereocenters. The Kier molecular flexibility index (Phi) is 5.13. The smallest absolute Gasteiger partial charge is 0.236 e. The molecule has 1 saturated heterocycles. The highest BCUT2D eigenvalue weighted by Gasteiger charge is 2.23. The monoisotopic (exact) mass is 275 g/mol. The summed E-state index contributed by atoms with van der Waals surface area (Å²) in [5.74, 6) is 0.651. The van der Waals surface area contributed by atoms with Crippen molar-refractivity contribution in [3.05, 3.63) is 18.0 Å². The molecule has 6 nitrogen and oxygen atoms in total. The predicted molar refractivity (Wildman–Crippen MR) is 74.9 cm³/mol. The number of nitrogens with one attached hydrogen (secondary N) is 1. The number of rotatable bonds is 5. The van der Waals surface area contributed by atoms with Crippen molar-refractivity contribution in [1.82, 2.24) is 20.0 Å². The molecule has 1 amide bonds. The van der Waals surface area contributed by atoms with Crippen LogP contribution in [0, 0.1) is 11.3 Å². The molecule has 1 fully saturated rings. The van der Waals surface area contributed by atoms with Gasteiger partial charge < -0.3 is 4.90 Å². The summed E-state index contributed by atoms with van der Waals surface area (Å²) in [6, 6.07) is 2.06. The van der Waals surface area contributed by atoms with Gasteiger partial charge in [-0.1, -0.05) is 0 Å². The van der Waals surface area contributed by atoms with Gasteiger partial charge in [-0.2, -0.15) is 10.4 Å². The average Bonchev–Trinajstić information content (AvgIpc) is 2.99. The van der Waals surface area contributed by atoms with E-state index >= 15 is 0 Å². The molecule has 0 atom stereocenters. The minimum Gasteiger partial charge on any atom is -0.344 e. The van der Waals surface area contributed by atoms with E-state index in [2.05, 4.69) is 21.2 Å². The van der Waals surface area contributed by atoms with Gasteiger partial charge in [-0.05, 0) is 37.4 Å². The SMILES string of the molecule is CN(CCC#N)C(=O)CN1CCC(c2cn[nH]c2)CC1. The second-order valence-corrected chi connectivity index (χ2v) is 5.31. The lowest BCUT2D eigenvalue weighted by atomic mass is 9.91. The molecular formula is C14H21N5O. The number of carbonyl (C=O) groups excluding carboxylic acids is 1. The van der Waals surface area contributed by atoms with Gasteiger partial charge in [0.2, 0.25) is 5.91 Å². The number of likely N-dealkylation sites (tertiary alicyclic amines) is 1. The number of H-pyrrole nitrogens is 1. The lowest BCUT2D eigenvalue weighted by Crippen LogP contribution is -2.42. The number of nitriles is 1. The summed E-state index contributed by atoms with van der Waals surface area (Å²) in [5.41, 5.74) is 1.27. The van der Waals surface area contributed by atoms with Crippen molar-refractivity contribution in [2.45, 2.75) is 25.2 Å². The van der Waals surface area contributed by atoms with Crippen molar-refractivity contribution in [3.63, 3.8) is 0 Å². The molecule has 0 bridgehead atoms. The number of amides is 1. The standard InChI is InChI=1S/C14H21N5O/c1-18(6-2-5-15)14(20)11-19-7-3-12(4-8-19)13-9-16-17-10-13/h9-10,12H,2-4,6-8,11H2,1H3,(H,16,17). The first-order valence-electron chi connectivity index (χ1n) is 7.02. The molecular weight excluding hydrogens is 254 g/mol. The van der Waals surface area contributed by atoms with Crippen LogP contribution in [-0.2, 0) is 4.79 Å². The third kappa shape index (κ3) is 3.81. The normalized spacial score (nSPS) is 16.8. The zero-order valence-corrected chi connectivity index (χ0v) is 11.9. The first-order valence-corrected chi connectivity index (χ1v) is 7.02. The first-order chi connectivity index (χ1) is 9.70. The highest BCUT2D eigenvalue weighted by Crippen LogP contribution is 2.26. The minimum absolute atomic E-state index is 0.0991. The molecule has 0 radical (unpaired) electrons. The van der Waals surface area contributed by atoms with Crippen LogP contribution in [0.4, 0.5) is 0 Å². The fraction of sp³-hybridized carbons (Fsp3) is 0.643. The fourth-order valence-electron chi connectivity index (χ4n) is 2.56. The van der Waals surface area contributed by atoms with Crippen LogP contribution in [0.1, 0.15) is 30.7 Å². The number of aromatic amines is 1. The van der Waals surface area contributed by atoms with E-state index in [4.69, 9.17) is 5.26 Å². The van der Waals surface area contributed by atoms with E-state index in [0.29, 0.717) is 25.4 Å². The molecule has 2 heterocycles. The number of hydrogen-bond acceptors (Lipinski definition) is 4. The third-order valence-electron chi connectivity index (χ3n) is 3.92. The number of likely N-dealkylation sites (N-methyl/N-ethyl adjacent to an activating group) is 1. The number of nitrogens with zero attached hydrogens (tertiary/aromatic N) is 4. The molecule has 0 aromatic carbocycles. The minimum atomic E-state index is 0.0991. The lowest BCUT2D eigenvalue weighted by Gasteiger charge is -2.32. The van der Waals surface area contributed by atoms with Crippen molar-refractivity contribution < 1.29 is 4.79 Å². The Labute approximate surface area is 119 Å². The molecule has 0 aliphatic carbocycles. The molecule has 1 aromatic rings. The summed E-state index contributed by atoms with van der Waals surface area (Å²) < 4.78 is 0. The highest BCUT2D eigenvalue weighted by atomic mass is 16.2. The summed E-state index contributed by atoms with van der Waals surface area (Å²) in [4.78, 5) is 15.8. The molecule has 6 heteroatoms. The number of carbonyl (C=O) groups is 1. The zero-order valence-electron chi connectivity index (χ0n) is 11.9. The molecule has 0 spiro atoms.